The van der Waals surface area contributed by atoms with Crippen LogP contribution in [0.2, 0.25) is 0 Å². The Morgan fingerprint density at radius 3 is 3.00 bits per heavy atom. The number of aliphatic hydroxyl groups excluding tert-OH is 1. The molecule has 0 bridgehead atoms. The molecule has 21 heavy (non-hydrogen) atoms. The van der Waals surface area contributed by atoms with Crippen LogP contribution in [0.4, 0.5) is 5.69 Å². The van der Waals surface area contributed by atoms with Gasteiger partial charge in [-0.05, 0) is 29.5 Å². The van der Waals surface area contributed by atoms with Crippen molar-refractivity contribution in [2.24, 2.45) is 5.92 Å². The quantitative estimate of drug-likeness (QED) is 0.943. The smallest absolute Gasteiger partial charge is 0.264 e. The van der Waals surface area contributed by atoms with Crippen LogP contribution in [-0.4, -0.2) is 30.8 Å². The maximum absolute atomic E-state index is 12.4. The highest BCUT2D eigenvalue weighted by atomic mass is 32.1. The Kier molecular flexibility index (Phi) is 4.22. The van der Waals surface area contributed by atoms with E-state index in [4.69, 9.17) is 4.74 Å². The lowest BCUT2D eigenvalue weighted by atomic mass is 9.93. The van der Waals surface area contributed by atoms with E-state index in [-0.39, 0.29) is 25.0 Å². The lowest BCUT2D eigenvalue weighted by Gasteiger charge is -2.33. The first-order chi connectivity index (χ1) is 10.3. The molecule has 110 valence electrons. The molecular weight excluding hydrogens is 286 g/mol. The minimum Gasteiger partial charge on any atom is -0.483 e. The van der Waals surface area contributed by atoms with Gasteiger partial charge in [0.05, 0.1) is 0 Å². The molecule has 1 amide bonds. The topological polar surface area (TPSA) is 49.8 Å². The van der Waals surface area contributed by atoms with E-state index >= 15 is 0 Å². The molecule has 1 N–H and O–H groups in total. The van der Waals surface area contributed by atoms with Crippen molar-refractivity contribution in [3.05, 3.63) is 46.7 Å². The number of amides is 1. The lowest BCUT2D eigenvalue weighted by Crippen LogP contribution is -2.43. The Morgan fingerprint density at radius 1 is 1.38 bits per heavy atom. The summed E-state index contributed by atoms with van der Waals surface area (Å²) in [6.45, 7) is 0.645. The van der Waals surface area contributed by atoms with Crippen molar-refractivity contribution in [3.8, 4) is 5.75 Å². The van der Waals surface area contributed by atoms with Gasteiger partial charge in [0.2, 0.25) is 0 Å². The molecule has 0 spiro atoms. The van der Waals surface area contributed by atoms with Crippen molar-refractivity contribution in [2.75, 3.05) is 24.7 Å². The third kappa shape index (κ3) is 3.09. The van der Waals surface area contributed by atoms with Gasteiger partial charge in [-0.3, -0.25) is 4.79 Å². The van der Waals surface area contributed by atoms with E-state index in [1.807, 2.05) is 41.1 Å². The van der Waals surface area contributed by atoms with Gasteiger partial charge < -0.3 is 14.7 Å². The molecule has 0 aliphatic carbocycles. The van der Waals surface area contributed by atoms with E-state index in [1.54, 1.807) is 4.90 Å². The highest BCUT2D eigenvalue weighted by Crippen LogP contribution is 2.29. The summed E-state index contributed by atoms with van der Waals surface area (Å²) in [7, 11) is 0. The van der Waals surface area contributed by atoms with Crippen LogP contribution < -0.4 is 9.64 Å². The Bertz CT molecular complexity index is 612. The first kappa shape index (κ1) is 14.1. The maximum atomic E-state index is 12.4. The number of aliphatic hydroxyl groups is 1. The van der Waals surface area contributed by atoms with Gasteiger partial charge in [0.25, 0.3) is 5.91 Å². The van der Waals surface area contributed by atoms with Crippen LogP contribution in [0.1, 0.15) is 5.56 Å². The summed E-state index contributed by atoms with van der Waals surface area (Å²) in [4.78, 5) is 14.2. The highest BCUT2D eigenvalue weighted by Gasteiger charge is 2.28. The number of carbonyl (C=O) groups excluding carboxylic acids is 1. The van der Waals surface area contributed by atoms with E-state index < -0.39 is 0 Å². The predicted molar refractivity (Wildman–Crippen MR) is 82.9 cm³/mol. The van der Waals surface area contributed by atoms with Gasteiger partial charge in [0.15, 0.2) is 6.61 Å². The van der Waals surface area contributed by atoms with Crippen molar-refractivity contribution in [3.63, 3.8) is 0 Å². The average Bonchev–Trinajstić information content (AvgIpc) is 3.05. The molecule has 0 saturated carbocycles. The molecule has 1 aromatic carbocycles. The van der Waals surface area contributed by atoms with Gasteiger partial charge in [0.1, 0.15) is 5.75 Å². The van der Waals surface area contributed by atoms with Gasteiger partial charge >= 0.3 is 0 Å². The van der Waals surface area contributed by atoms with E-state index in [9.17, 15) is 9.90 Å². The first-order valence-corrected chi connectivity index (χ1v) is 7.86. The number of para-hydroxylation sites is 1. The van der Waals surface area contributed by atoms with Crippen molar-refractivity contribution in [1.82, 2.24) is 0 Å². The minimum atomic E-state index is -0.0770. The molecule has 0 saturated heterocycles. The highest BCUT2D eigenvalue weighted by molar-refractivity contribution is 7.08. The second-order valence-electron chi connectivity index (χ2n) is 5.13. The summed E-state index contributed by atoms with van der Waals surface area (Å²) in [5, 5.41) is 13.2. The normalized spacial score (nSPS) is 17.4. The maximum Gasteiger partial charge on any atom is 0.264 e. The van der Waals surface area contributed by atoms with Crippen molar-refractivity contribution < 1.29 is 14.6 Å². The van der Waals surface area contributed by atoms with Crippen molar-refractivity contribution >= 4 is 22.9 Å². The van der Waals surface area contributed by atoms with E-state index in [0.717, 1.165) is 23.4 Å². The van der Waals surface area contributed by atoms with Crippen LogP contribution in [0.15, 0.2) is 41.1 Å². The van der Waals surface area contributed by atoms with Gasteiger partial charge in [-0.2, -0.15) is 0 Å². The SMILES string of the molecule is O=C(COc1ccsc1)N1CC(CO)Cc2ccccc21. The monoisotopic (exact) mass is 303 g/mol. The molecule has 1 atom stereocenters. The zero-order valence-electron chi connectivity index (χ0n) is 11.6. The average molecular weight is 303 g/mol. The number of nitrogens with zero attached hydrogens (tertiary/aromatic N) is 1. The summed E-state index contributed by atoms with van der Waals surface area (Å²) in [6.07, 6.45) is 0.807. The molecule has 1 unspecified atom stereocenters. The van der Waals surface area contributed by atoms with Crippen LogP contribution in [0.5, 0.6) is 5.75 Å². The van der Waals surface area contributed by atoms with Crippen LogP contribution in [0, 0.1) is 5.92 Å². The third-order valence-corrected chi connectivity index (χ3v) is 4.31. The predicted octanol–water partition coefficient (Wildman–Crippen LogP) is 2.32. The van der Waals surface area contributed by atoms with E-state index in [1.165, 1.54) is 11.3 Å². The summed E-state index contributed by atoms with van der Waals surface area (Å²) in [6, 6.07) is 9.70. The molecule has 2 heterocycles. The fourth-order valence-corrected chi connectivity index (χ4v) is 3.17. The second-order valence-corrected chi connectivity index (χ2v) is 5.91. The fourth-order valence-electron chi connectivity index (χ4n) is 2.59. The molecule has 5 heteroatoms. The van der Waals surface area contributed by atoms with Gasteiger partial charge in [-0.15, -0.1) is 11.3 Å². The Labute approximate surface area is 127 Å². The van der Waals surface area contributed by atoms with Crippen molar-refractivity contribution in [2.45, 2.75) is 6.42 Å². The zero-order valence-corrected chi connectivity index (χ0v) is 12.4. The van der Waals surface area contributed by atoms with E-state index in [0.29, 0.717) is 6.54 Å². The van der Waals surface area contributed by atoms with Gasteiger partial charge in [-0.1, -0.05) is 18.2 Å². The molecule has 4 nitrogen and oxygen atoms in total. The molecule has 1 aliphatic rings. The zero-order chi connectivity index (χ0) is 14.7. The fraction of sp³-hybridized carbons (Fsp3) is 0.312. The number of carbonyl (C=O) groups is 1. The number of thiophene rings is 1. The van der Waals surface area contributed by atoms with E-state index in [2.05, 4.69) is 0 Å². The first-order valence-electron chi connectivity index (χ1n) is 6.92. The number of anilines is 1. The lowest BCUT2D eigenvalue weighted by molar-refractivity contribution is -0.120. The molecule has 3 rings (SSSR count). The van der Waals surface area contributed by atoms with Crippen LogP contribution >= 0.6 is 11.3 Å². The summed E-state index contributed by atoms with van der Waals surface area (Å²) in [5.41, 5.74) is 2.04. The standard InChI is InChI=1S/C16H17NO3S/c18-9-12-7-13-3-1-2-4-15(13)17(8-12)16(19)10-20-14-5-6-21-11-14/h1-6,11-12,18H,7-10H2. The molecule has 1 aliphatic heterocycles. The van der Waals surface area contributed by atoms with Crippen molar-refractivity contribution in [1.29, 1.82) is 0 Å². The molecular formula is C16H17NO3S. The number of benzene rings is 1. The summed E-state index contributed by atoms with van der Waals surface area (Å²) < 4.78 is 5.50. The minimum absolute atomic E-state index is 0.0171. The molecule has 2 aromatic rings. The van der Waals surface area contributed by atoms with Crippen LogP contribution in [0.25, 0.3) is 0 Å². The number of hydrogen-bond donors (Lipinski definition) is 1. The Balaban J connectivity index is 1.75. The Hall–Kier alpha value is -1.85. The van der Waals surface area contributed by atoms with Gasteiger partial charge in [0, 0.05) is 30.1 Å². The number of ether oxygens (including phenoxy) is 1. The molecule has 0 fully saturated rings. The Morgan fingerprint density at radius 2 is 2.24 bits per heavy atom. The van der Waals surface area contributed by atoms with Crippen LogP contribution in [-0.2, 0) is 11.2 Å². The number of hydrogen-bond acceptors (Lipinski definition) is 4. The second kappa shape index (κ2) is 6.28. The van der Waals surface area contributed by atoms with Crippen LogP contribution in [0.3, 0.4) is 0 Å². The third-order valence-electron chi connectivity index (χ3n) is 3.65. The largest absolute Gasteiger partial charge is 0.483 e. The number of fused-ring (bicyclic) bond motifs is 1. The van der Waals surface area contributed by atoms with Gasteiger partial charge in [-0.25, -0.2) is 0 Å². The summed E-state index contributed by atoms with van der Waals surface area (Å²) >= 11 is 1.54. The number of rotatable bonds is 4. The molecule has 0 radical (unpaired) electrons. The summed E-state index contributed by atoms with van der Waals surface area (Å²) in [5.74, 6) is 0.731. The molecule has 1 aromatic heterocycles.